The zero-order valence-corrected chi connectivity index (χ0v) is 39.4. The molecule has 6 saturated heterocycles. The number of ether oxygens (including phenoxy) is 3. The molecule has 0 N–H and O–H groups in total. The van der Waals surface area contributed by atoms with Gasteiger partial charge in [-0.05, 0) is 74.5 Å². The molecule has 18 heteroatoms. The third kappa shape index (κ3) is 8.04. The number of carbonyl (C=O) groups is 3. The molecule has 3 aromatic heterocycles. The number of benzene rings is 3. The van der Waals surface area contributed by atoms with Gasteiger partial charge in [0.1, 0.15) is 0 Å². The molecule has 15 atom stereocenters. The summed E-state index contributed by atoms with van der Waals surface area (Å²) < 4.78 is 65.3. The van der Waals surface area contributed by atoms with E-state index in [0.29, 0.717) is 19.3 Å². The van der Waals surface area contributed by atoms with E-state index in [0.717, 1.165) is 74.5 Å². The molecule has 372 valence electrons. The molecule has 15 rings (SSSR count). The molecule has 0 unspecified atom stereocenters. The summed E-state index contributed by atoms with van der Waals surface area (Å²) in [4.78, 5) is 51.0. The van der Waals surface area contributed by atoms with Crippen molar-refractivity contribution in [1.82, 2.24) is 44.3 Å². The lowest BCUT2D eigenvalue weighted by Crippen LogP contribution is -2.26. The number of carbonyl (C=O) groups excluding carboxylic acids is 3. The first-order chi connectivity index (χ1) is 35.1. The van der Waals surface area contributed by atoms with Crippen molar-refractivity contribution in [3.05, 3.63) is 143 Å². The molecule has 12 heterocycles. The molecule has 6 aromatic rings. The minimum absolute atomic E-state index is 0.00747. The predicted octanol–water partition coefficient (Wildman–Crippen LogP) is 9.10. The van der Waals surface area contributed by atoms with Gasteiger partial charge in [-0.15, -0.1) is 15.3 Å². The largest absolute Gasteiger partial charge is 0.374 e. The van der Waals surface area contributed by atoms with E-state index in [1.54, 1.807) is 14.0 Å². The Kier molecular flexibility index (Phi) is 11.6. The van der Waals surface area contributed by atoms with Gasteiger partial charge in [0.2, 0.25) is 34.8 Å². The number of hydrogen-bond acceptors (Lipinski definition) is 12. The van der Waals surface area contributed by atoms with Crippen molar-refractivity contribution in [1.29, 1.82) is 0 Å². The van der Waals surface area contributed by atoms with E-state index in [4.69, 9.17) is 14.2 Å². The average Bonchev–Trinajstić information content (AvgIpc) is 4.26. The van der Waals surface area contributed by atoms with Crippen molar-refractivity contribution in [2.45, 2.75) is 150 Å². The molecular weight excluding hydrogens is 928 g/mol. The first kappa shape index (κ1) is 45.6. The number of alkyl halides is 3. The van der Waals surface area contributed by atoms with Crippen LogP contribution < -0.4 is 0 Å². The van der Waals surface area contributed by atoms with Gasteiger partial charge < -0.3 is 14.2 Å². The summed E-state index contributed by atoms with van der Waals surface area (Å²) in [5.74, 6) is 0.483. The van der Waals surface area contributed by atoms with Crippen molar-refractivity contribution in [2.75, 3.05) is 0 Å². The predicted molar refractivity (Wildman–Crippen MR) is 250 cm³/mol. The van der Waals surface area contributed by atoms with Crippen LogP contribution in [0.4, 0.5) is 13.2 Å². The first-order valence-electron chi connectivity index (χ1n) is 25.7. The second-order valence-electron chi connectivity index (χ2n) is 20.8. The molecule has 72 heavy (non-hydrogen) atoms. The smallest absolute Gasteiger partial charge is 0.218 e. The highest BCUT2D eigenvalue weighted by Gasteiger charge is 2.49. The van der Waals surface area contributed by atoms with E-state index < -0.39 is 18.5 Å². The maximum absolute atomic E-state index is 14.4. The summed E-state index contributed by atoms with van der Waals surface area (Å²) in [6.45, 7) is 0. The Hall–Kier alpha value is -6.24. The third-order valence-corrected chi connectivity index (χ3v) is 16.5. The highest BCUT2D eigenvalue weighted by molar-refractivity contribution is 5.96. The maximum atomic E-state index is 14.4. The van der Waals surface area contributed by atoms with Gasteiger partial charge >= 0.3 is 0 Å². The van der Waals surface area contributed by atoms with Crippen molar-refractivity contribution < 1.29 is 41.8 Å². The SMILES string of the molecule is O=C(c1nc2n(n1)[C@H](c1ccccc1)C[C@@H]2F)[C@@H]1C[C@@H]2CC[C@H]1O2.O=C(c1nc2n(n1)[C@H](c1ccccc1)C[C@@H]2F)[C@@H]1C[C@H]2CC[C@@H]1O2.O=C(c1nc2n(n1)[C@H](c1ccccc1)C[C@@H]2F)[C@H]1C[C@@H]2CC[C@H]1O2. The number of halogens is 3. The van der Waals surface area contributed by atoms with Gasteiger partial charge in [0.25, 0.3) is 0 Å². The molecule has 3 aromatic carbocycles. The second kappa shape index (κ2) is 18.4. The van der Waals surface area contributed by atoms with E-state index in [2.05, 4.69) is 30.2 Å². The van der Waals surface area contributed by atoms with Gasteiger partial charge in [-0.25, -0.2) is 42.2 Å². The molecular formula is C54H54F3N9O6. The lowest BCUT2D eigenvalue weighted by Gasteiger charge is -2.15. The van der Waals surface area contributed by atoms with Gasteiger partial charge in [0.15, 0.2) is 36.0 Å². The average molecular weight is 982 g/mol. The Bertz CT molecular complexity index is 2690. The molecule has 0 radical (unpaired) electrons. The van der Waals surface area contributed by atoms with Crippen molar-refractivity contribution in [3.63, 3.8) is 0 Å². The van der Waals surface area contributed by atoms with Crippen LogP contribution in [0.1, 0.15) is 180 Å². The minimum Gasteiger partial charge on any atom is -0.374 e. The number of rotatable bonds is 9. The van der Waals surface area contributed by atoms with Crippen molar-refractivity contribution >= 4 is 17.3 Å². The highest BCUT2D eigenvalue weighted by Crippen LogP contribution is 2.46. The Balaban J connectivity index is 0.000000105. The van der Waals surface area contributed by atoms with Crippen LogP contribution in [-0.4, -0.2) is 98.3 Å². The van der Waals surface area contributed by atoms with Crippen molar-refractivity contribution in [2.24, 2.45) is 17.8 Å². The molecule has 0 aliphatic carbocycles. The molecule has 6 fully saturated rings. The zero-order chi connectivity index (χ0) is 48.8. The first-order valence-corrected chi connectivity index (χ1v) is 25.7. The summed E-state index contributed by atoms with van der Waals surface area (Å²) in [7, 11) is 0. The lowest BCUT2D eigenvalue weighted by molar-refractivity contribution is 0.0726. The van der Waals surface area contributed by atoms with Crippen LogP contribution in [0, 0.1) is 17.8 Å². The molecule has 9 aliphatic heterocycles. The number of nitrogens with zero attached hydrogens (tertiary/aromatic N) is 9. The van der Waals surface area contributed by atoms with E-state index in [-0.39, 0.29) is 125 Å². The molecule has 6 bridgehead atoms. The fourth-order valence-corrected chi connectivity index (χ4v) is 12.9. The quantitative estimate of drug-likeness (QED) is 0.126. The minimum atomic E-state index is -1.18. The van der Waals surface area contributed by atoms with Crippen LogP contribution in [0.15, 0.2) is 91.0 Å². The van der Waals surface area contributed by atoms with E-state index >= 15 is 0 Å². The standard InChI is InChI=1S/3C18H18FN3O2/c3*19-13-9-14(10-4-2-1-3-5-10)22-18(13)20-17(21-22)16(23)12-8-11-6-7-15(12)24-11/h3*1-5,11-15H,6-9H2/t11-,12+,13-,14-,15+;11-,12-,13+,14+,15+;11-,12-,13-,14-,15+/m010/s1. The molecule has 0 amide bonds. The number of Topliss-reactive ketones (excluding diaryl/α,β-unsaturated/α-hetero) is 3. The monoisotopic (exact) mass is 981 g/mol. The Morgan fingerprint density at radius 2 is 0.681 bits per heavy atom. The molecule has 9 aliphatic rings. The van der Waals surface area contributed by atoms with Gasteiger partial charge in [-0.1, -0.05) is 91.0 Å². The number of fused-ring (bicyclic) bond motifs is 9. The van der Waals surface area contributed by atoms with Crippen molar-refractivity contribution in [3.8, 4) is 0 Å². The summed E-state index contributed by atoms with van der Waals surface area (Å²) in [6.07, 6.45) is 6.11. The van der Waals surface area contributed by atoms with Crippen LogP contribution >= 0.6 is 0 Å². The van der Waals surface area contributed by atoms with Crippen LogP contribution in [-0.2, 0) is 14.2 Å². The summed E-state index contributed by atoms with van der Waals surface area (Å²) >= 11 is 0. The Morgan fingerprint density at radius 1 is 0.403 bits per heavy atom. The van der Waals surface area contributed by atoms with E-state index in [1.165, 1.54) is 0 Å². The van der Waals surface area contributed by atoms with Gasteiger partial charge in [-0.2, -0.15) is 0 Å². The van der Waals surface area contributed by atoms with Gasteiger partial charge in [0.05, 0.1) is 72.5 Å². The number of aromatic nitrogens is 9. The fraction of sp³-hybridized carbons (Fsp3) is 0.500. The Morgan fingerprint density at radius 3 is 0.917 bits per heavy atom. The molecule has 0 spiro atoms. The highest BCUT2D eigenvalue weighted by atomic mass is 19.1. The van der Waals surface area contributed by atoms with Crippen LogP contribution in [0.5, 0.6) is 0 Å². The molecule has 0 saturated carbocycles. The summed E-state index contributed by atoms with van der Waals surface area (Å²) in [5, 5.41) is 13.2. The van der Waals surface area contributed by atoms with Gasteiger partial charge in [-0.3, -0.25) is 14.4 Å². The van der Waals surface area contributed by atoms with Crippen LogP contribution in [0.2, 0.25) is 0 Å². The van der Waals surface area contributed by atoms with Crippen LogP contribution in [0.3, 0.4) is 0 Å². The zero-order valence-electron chi connectivity index (χ0n) is 39.4. The third-order valence-electron chi connectivity index (χ3n) is 16.5. The summed E-state index contributed by atoms with van der Waals surface area (Å²) in [5.41, 5.74) is 2.98. The van der Waals surface area contributed by atoms with E-state index in [1.807, 2.05) is 91.0 Å². The second-order valence-corrected chi connectivity index (χ2v) is 20.8. The lowest BCUT2D eigenvalue weighted by atomic mass is 9.86. The number of ketones is 3. The fourth-order valence-electron chi connectivity index (χ4n) is 12.9. The Labute approximate surface area is 412 Å². The summed E-state index contributed by atoms with van der Waals surface area (Å²) in [6, 6.07) is 28.5. The van der Waals surface area contributed by atoms with Gasteiger partial charge in [0, 0.05) is 19.3 Å². The maximum Gasteiger partial charge on any atom is 0.218 e. The topological polar surface area (TPSA) is 171 Å². The number of hydrogen-bond donors (Lipinski definition) is 0. The normalized spacial score (nSPS) is 33.8. The molecule has 15 nitrogen and oxygen atoms in total. The van der Waals surface area contributed by atoms with Crippen LogP contribution in [0.25, 0.3) is 0 Å². The van der Waals surface area contributed by atoms with E-state index in [9.17, 15) is 27.6 Å².